The van der Waals surface area contributed by atoms with E-state index in [0.717, 1.165) is 19.0 Å². The highest BCUT2D eigenvalue weighted by atomic mass is 32.1. The zero-order valence-electron chi connectivity index (χ0n) is 10.4. The number of hydrogen-bond donors (Lipinski definition) is 1. The Bertz CT molecular complexity index is 463. The lowest BCUT2D eigenvalue weighted by Gasteiger charge is -2.17. The molecule has 0 saturated heterocycles. The van der Waals surface area contributed by atoms with E-state index in [1.54, 1.807) is 11.3 Å². The van der Waals surface area contributed by atoms with Crippen LogP contribution in [0.2, 0.25) is 0 Å². The molecule has 3 heteroatoms. The van der Waals surface area contributed by atoms with Gasteiger partial charge < -0.3 is 5.32 Å². The third-order valence-electron chi connectivity index (χ3n) is 3.43. The molecule has 1 fully saturated rings. The first-order chi connectivity index (χ1) is 8.92. The standard InChI is InChI=1S/C15H18N2S/c1-2-4-12(5-3-1)13(9-17-14-6-7-14)8-15-10-16-11-18-15/h1-5,10-11,13-14,17H,6-9H2. The molecule has 1 unspecified atom stereocenters. The van der Waals surface area contributed by atoms with Gasteiger partial charge in [-0.15, -0.1) is 11.3 Å². The van der Waals surface area contributed by atoms with E-state index in [2.05, 4.69) is 40.6 Å². The van der Waals surface area contributed by atoms with Crippen molar-refractivity contribution < 1.29 is 0 Å². The number of hydrogen-bond acceptors (Lipinski definition) is 3. The van der Waals surface area contributed by atoms with Crippen molar-refractivity contribution in [2.75, 3.05) is 6.54 Å². The van der Waals surface area contributed by atoms with Gasteiger partial charge in [-0.25, -0.2) is 0 Å². The van der Waals surface area contributed by atoms with Crippen LogP contribution >= 0.6 is 11.3 Å². The normalized spacial score (nSPS) is 16.7. The van der Waals surface area contributed by atoms with E-state index >= 15 is 0 Å². The molecule has 18 heavy (non-hydrogen) atoms. The minimum Gasteiger partial charge on any atom is -0.313 e. The average Bonchev–Trinajstić information content (AvgIpc) is 3.11. The highest BCUT2D eigenvalue weighted by Gasteiger charge is 2.22. The summed E-state index contributed by atoms with van der Waals surface area (Å²) in [6.45, 7) is 1.08. The Balaban J connectivity index is 1.70. The Morgan fingerprint density at radius 2 is 2.11 bits per heavy atom. The van der Waals surface area contributed by atoms with Gasteiger partial charge in [-0.3, -0.25) is 4.98 Å². The topological polar surface area (TPSA) is 24.9 Å². The summed E-state index contributed by atoms with van der Waals surface area (Å²) >= 11 is 1.76. The molecule has 1 aliphatic rings. The Morgan fingerprint density at radius 1 is 1.28 bits per heavy atom. The molecule has 1 aromatic carbocycles. The molecule has 2 aromatic rings. The third-order valence-corrected chi connectivity index (χ3v) is 4.23. The molecular weight excluding hydrogens is 240 g/mol. The van der Waals surface area contributed by atoms with E-state index in [1.165, 1.54) is 23.3 Å². The van der Waals surface area contributed by atoms with E-state index in [4.69, 9.17) is 0 Å². The Kier molecular flexibility index (Phi) is 3.72. The van der Waals surface area contributed by atoms with Crippen molar-refractivity contribution in [3.63, 3.8) is 0 Å². The molecule has 1 N–H and O–H groups in total. The molecule has 1 heterocycles. The molecule has 1 atom stereocenters. The number of rotatable bonds is 6. The van der Waals surface area contributed by atoms with Gasteiger partial charge in [-0.05, 0) is 24.8 Å². The van der Waals surface area contributed by atoms with Crippen LogP contribution in [-0.4, -0.2) is 17.6 Å². The molecule has 0 amide bonds. The quantitative estimate of drug-likeness (QED) is 0.860. The molecule has 94 valence electrons. The van der Waals surface area contributed by atoms with Crippen molar-refractivity contribution in [2.24, 2.45) is 0 Å². The number of thiazole rings is 1. The van der Waals surface area contributed by atoms with E-state index in [0.29, 0.717) is 5.92 Å². The lowest BCUT2D eigenvalue weighted by Crippen LogP contribution is -2.24. The highest BCUT2D eigenvalue weighted by Crippen LogP contribution is 2.24. The van der Waals surface area contributed by atoms with Crippen LogP contribution in [0.1, 0.15) is 29.2 Å². The SMILES string of the molecule is c1ccc(C(CNC2CC2)Cc2cncs2)cc1. The number of benzene rings is 1. The van der Waals surface area contributed by atoms with Gasteiger partial charge in [0.15, 0.2) is 0 Å². The van der Waals surface area contributed by atoms with E-state index in [-0.39, 0.29) is 0 Å². The predicted octanol–water partition coefficient (Wildman–Crippen LogP) is 3.22. The molecule has 1 aliphatic carbocycles. The van der Waals surface area contributed by atoms with E-state index in [1.807, 2.05) is 11.7 Å². The fraction of sp³-hybridized carbons (Fsp3) is 0.400. The number of aromatic nitrogens is 1. The van der Waals surface area contributed by atoms with Crippen LogP contribution in [-0.2, 0) is 6.42 Å². The summed E-state index contributed by atoms with van der Waals surface area (Å²) in [5.41, 5.74) is 3.35. The van der Waals surface area contributed by atoms with Gasteiger partial charge in [-0.1, -0.05) is 30.3 Å². The third kappa shape index (κ3) is 3.18. The summed E-state index contributed by atoms with van der Waals surface area (Å²) < 4.78 is 0. The molecule has 0 radical (unpaired) electrons. The van der Waals surface area contributed by atoms with Gasteiger partial charge in [-0.2, -0.15) is 0 Å². The Morgan fingerprint density at radius 3 is 2.78 bits per heavy atom. The van der Waals surface area contributed by atoms with Gasteiger partial charge >= 0.3 is 0 Å². The van der Waals surface area contributed by atoms with Crippen LogP contribution in [0.3, 0.4) is 0 Å². The lowest BCUT2D eigenvalue weighted by atomic mass is 9.95. The van der Waals surface area contributed by atoms with Crippen LogP contribution in [0.4, 0.5) is 0 Å². The Labute approximate surface area is 112 Å². The summed E-state index contributed by atoms with van der Waals surface area (Å²) in [5, 5.41) is 3.65. The molecular formula is C15H18N2S. The molecule has 0 spiro atoms. The maximum atomic E-state index is 4.17. The maximum absolute atomic E-state index is 4.17. The first-order valence-corrected chi connectivity index (χ1v) is 7.45. The van der Waals surface area contributed by atoms with Crippen LogP contribution in [0.25, 0.3) is 0 Å². The number of nitrogens with one attached hydrogen (secondary N) is 1. The van der Waals surface area contributed by atoms with Crippen LogP contribution < -0.4 is 5.32 Å². The van der Waals surface area contributed by atoms with Gasteiger partial charge in [0.2, 0.25) is 0 Å². The Hall–Kier alpha value is -1.19. The van der Waals surface area contributed by atoms with Crippen molar-refractivity contribution in [2.45, 2.75) is 31.2 Å². The van der Waals surface area contributed by atoms with Crippen molar-refractivity contribution in [1.29, 1.82) is 0 Å². The van der Waals surface area contributed by atoms with Gasteiger partial charge in [0, 0.05) is 29.6 Å². The summed E-state index contributed by atoms with van der Waals surface area (Å²) in [4.78, 5) is 5.55. The van der Waals surface area contributed by atoms with Crippen molar-refractivity contribution in [3.8, 4) is 0 Å². The first kappa shape index (κ1) is 11.9. The zero-order chi connectivity index (χ0) is 12.2. The summed E-state index contributed by atoms with van der Waals surface area (Å²) in [6, 6.07) is 11.6. The molecule has 0 bridgehead atoms. The van der Waals surface area contributed by atoms with Crippen LogP contribution in [0.15, 0.2) is 42.0 Å². The van der Waals surface area contributed by atoms with Crippen molar-refractivity contribution >= 4 is 11.3 Å². The smallest absolute Gasteiger partial charge is 0.0794 e. The summed E-state index contributed by atoms with van der Waals surface area (Å²) in [6.07, 6.45) is 5.79. The molecule has 1 aromatic heterocycles. The molecule has 2 nitrogen and oxygen atoms in total. The van der Waals surface area contributed by atoms with Gasteiger partial charge in [0.25, 0.3) is 0 Å². The first-order valence-electron chi connectivity index (χ1n) is 6.57. The van der Waals surface area contributed by atoms with Crippen LogP contribution in [0, 0.1) is 0 Å². The van der Waals surface area contributed by atoms with E-state index < -0.39 is 0 Å². The van der Waals surface area contributed by atoms with Crippen LogP contribution in [0.5, 0.6) is 0 Å². The second-order valence-corrected chi connectivity index (χ2v) is 5.93. The van der Waals surface area contributed by atoms with Crippen molar-refractivity contribution in [3.05, 3.63) is 52.5 Å². The minimum absolute atomic E-state index is 0.562. The van der Waals surface area contributed by atoms with Gasteiger partial charge in [0.05, 0.1) is 5.51 Å². The predicted molar refractivity (Wildman–Crippen MR) is 76.0 cm³/mol. The highest BCUT2D eigenvalue weighted by molar-refractivity contribution is 7.09. The van der Waals surface area contributed by atoms with E-state index in [9.17, 15) is 0 Å². The minimum atomic E-state index is 0.562. The molecule has 0 aliphatic heterocycles. The summed E-state index contributed by atoms with van der Waals surface area (Å²) in [5.74, 6) is 0.562. The zero-order valence-corrected chi connectivity index (χ0v) is 11.2. The van der Waals surface area contributed by atoms with Gasteiger partial charge in [0.1, 0.15) is 0 Å². The number of nitrogens with zero attached hydrogens (tertiary/aromatic N) is 1. The second kappa shape index (κ2) is 5.63. The maximum Gasteiger partial charge on any atom is 0.0794 e. The van der Waals surface area contributed by atoms with Crippen molar-refractivity contribution in [1.82, 2.24) is 10.3 Å². The monoisotopic (exact) mass is 258 g/mol. The fourth-order valence-electron chi connectivity index (χ4n) is 2.22. The average molecular weight is 258 g/mol. The largest absolute Gasteiger partial charge is 0.313 e. The second-order valence-electron chi connectivity index (χ2n) is 4.96. The fourth-order valence-corrected chi connectivity index (χ4v) is 2.89. The lowest BCUT2D eigenvalue weighted by molar-refractivity contribution is 0.579. The molecule has 3 rings (SSSR count). The molecule has 1 saturated carbocycles. The summed E-state index contributed by atoms with van der Waals surface area (Å²) in [7, 11) is 0.